The molecule has 2 N–H and O–H groups in total. The number of rotatable bonds is 6. The second-order valence-corrected chi connectivity index (χ2v) is 10.7. The fourth-order valence-corrected chi connectivity index (χ4v) is 5.02. The van der Waals surface area contributed by atoms with Crippen LogP contribution in [0.5, 0.6) is 5.75 Å². The van der Waals surface area contributed by atoms with Crippen LogP contribution in [0, 0.1) is 6.92 Å². The van der Waals surface area contributed by atoms with Crippen LogP contribution in [0.15, 0.2) is 66.9 Å². The molecule has 1 saturated heterocycles. The minimum atomic E-state index is -0.0228. The number of amides is 1. The number of aromatic nitrogens is 1. The van der Waals surface area contributed by atoms with E-state index in [-0.39, 0.29) is 23.0 Å². The lowest BCUT2D eigenvalue weighted by atomic mass is 9.79. The SMILES string of the molecule is Cc1ccc(-c2cccc(OCc3ccc(C(=O)NC4CC(C)(C)NC(C)(C)C4)cc3)c2)cn1. The predicted molar refractivity (Wildman–Crippen MR) is 137 cm³/mol. The zero-order valence-electron chi connectivity index (χ0n) is 20.8. The number of nitrogens with zero attached hydrogens (tertiary/aromatic N) is 1. The van der Waals surface area contributed by atoms with E-state index in [4.69, 9.17) is 4.74 Å². The first-order valence-corrected chi connectivity index (χ1v) is 11.9. The molecule has 178 valence electrons. The normalized spacial score (nSPS) is 17.2. The Kier molecular flexibility index (Phi) is 6.76. The van der Waals surface area contributed by atoms with E-state index in [2.05, 4.69) is 55.4 Å². The lowest BCUT2D eigenvalue weighted by Gasteiger charge is -2.46. The Bertz CT molecular complexity index is 1120. The number of hydrogen-bond acceptors (Lipinski definition) is 4. The molecule has 0 radical (unpaired) electrons. The second kappa shape index (κ2) is 9.59. The first kappa shape index (κ1) is 24.0. The van der Waals surface area contributed by atoms with Crippen molar-refractivity contribution in [1.82, 2.24) is 15.6 Å². The first-order chi connectivity index (χ1) is 16.1. The summed E-state index contributed by atoms with van der Waals surface area (Å²) < 4.78 is 6.02. The summed E-state index contributed by atoms with van der Waals surface area (Å²) in [6.45, 7) is 11.2. The summed E-state index contributed by atoms with van der Waals surface area (Å²) in [6.07, 6.45) is 3.70. The number of benzene rings is 2. The molecule has 0 unspecified atom stereocenters. The van der Waals surface area contributed by atoms with Gasteiger partial charge < -0.3 is 15.4 Å². The molecule has 1 aliphatic rings. The van der Waals surface area contributed by atoms with Gasteiger partial charge in [-0.1, -0.05) is 30.3 Å². The van der Waals surface area contributed by atoms with E-state index >= 15 is 0 Å². The molecular weight excluding hydrogens is 422 g/mol. The van der Waals surface area contributed by atoms with Crippen LogP contribution < -0.4 is 15.4 Å². The van der Waals surface area contributed by atoms with Crippen LogP contribution in [0.2, 0.25) is 0 Å². The molecule has 4 rings (SSSR count). The third-order valence-electron chi connectivity index (χ3n) is 6.23. The zero-order chi connectivity index (χ0) is 24.3. The standard InChI is InChI=1S/C29H35N3O2/c1-20-9-12-24(18-30-20)23-7-6-8-26(15-23)34-19-21-10-13-22(14-11-21)27(33)31-25-16-28(2,3)32-29(4,5)17-25/h6-15,18,25,32H,16-17,19H2,1-5H3,(H,31,33). The molecule has 1 fully saturated rings. The van der Waals surface area contributed by atoms with Crippen LogP contribution in [0.3, 0.4) is 0 Å². The Morgan fingerprint density at radius 3 is 2.35 bits per heavy atom. The van der Waals surface area contributed by atoms with Crippen LogP contribution in [0.4, 0.5) is 0 Å². The van der Waals surface area contributed by atoms with Crippen molar-refractivity contribution in [2.75, 3.05) is 0 Å². The summed E-state index contributed by atoms with van der Waals surface area (Å²) in [5.74, 6) is 0.779. The lowest BCUT2D eigenvalue weighted by Crippen LogP contribution is -2.62. The van der Waals surface area contributed by atoms with Crippen molar-refractivity contribution in [2.24, 2.45) is 0 Å². The number of ether oxygens (including phenoxy) is 1. The molecule has 0 bridgehead atoms. The maximum Gasteiger partial charge on any atom is 0.251 e. The van der Waals surface area contributed by atoms with Gasteiger partial charge in [0.2, 0.25) is 0 Å². The summed E-state index contributed by atoms with van der Waals surface area (Å²) in [4.78, 5) is 17.2. The van der Waals surface area contributed by atoms with Gasteiger partial charge in [0, 0.05) is 40.1 Å². The van der Waals surface area contributed by atoms with E-state index in [9.17, 15) is 4.79 Å². The van der Waals surface area contributed by atoms with Crippen LogP contribution in [0.1, 0.15) is 62.2 Å². The Labute approximate surface area is 203 Å². The van der Waals surface area contributed by atoms with E-state index in [1.54, 1.807) is 0 Å². The lowest BCUT2D eigenvalue weighted by molar-refractivity contribution is 0.0873. The highest BCUT2D eigenvalue weighted by atomic mass is 16.5. The van der Waals surface area contributed by atoms with E-state index in [1.807, 2.05) is 61.7 Å². The molecule has 0 saturated carbocycles. The Morgan fingerprint density at radius 2 is 1.71 bits per heavy atom. The third-order valence-corrected chi connectivity index (χ3v) is 6.23. The topological polar surface area (TPSA) is 63.2 Å². The Morgan fingerprint density at radius 1 is 1.00 bits per heavy atom. The molecular formula is C29H35N3O2. The van der Waals surface area contributed by atoms with Crippen molar-refractivity contribution in [2.45, 2.75) is 71.2 Å². The van der Waals surface area contributed by atoms with Crippen LogP contribution in [-0.4, -0.2) is 28.0 Å². The van der Waals surface area contributed by atoms with Gasteiger partial charge in [-0.2, -0.15) is 0 Å². The highest BCUT2D eigenvalue weighted by Crippen LogP contribution is 2.29. The molecule has 34 heavy (non-hydrogen) atoms. The summed E-state index contributed by atoms with van der Waals surface area (Å²) in [7, 11) is 0. The van der Waals surface area contributed by atoms with Crippen LogP contribution >= 0.6 is 0 Å². The molecule has 0 atom stereocenters. The van der Waals surface area contributed by atoms with Crippen molar-refractivity contribution in [3.63, 3.8) is 0 Å². The third kappa shape index (κ3) is 6.23. The zero-order valence-corrected chi connectivity index (χ0v) is 20.8. The minimum Gasteiger partial charge on any atom is -0.489 e. The van der Waals surface area contributed by atoms with Gasteiger partial charge in [0.25, 0.3) is 5.91 Å². The summed E-state index contributed by atoms with van der Waals surface area (Å²) in [5, 5.41) is 6.89. The van der Waals surface area contributed by atoms with Gasteiger partial charge >= 0.3 is 0 Å². The molecule has 5 heteroatoms. The highest BCUT2D eigenvalue weighted by molar-refractivity contribution is 5.94. The average molecular weight is 458 g/mol. The quantitative estimate of drug-likeness (QED) is 0.500. The first-order valence-electron chi connectivity index (χ1n) is 11.9. The molecule has 2 heterocycles. The van der Waals surface area contributed by atoms with Gasteiger partial charge in [0.1, 0.15) is 12.4 Å². The molecule has 0 spiro atoms. The van der Waals surface area contributed by atoms with Crippen molar-refractivity contribution in [3.05, 3.63) is 83.7 Å². The second-order valence-electron chi connectivity index (χ2n) is 10.7. The van der Waals surface area contributed by atoms with Crippen molar-refractivity contribution in [1.29, 1.82) is 0 Å². The van der Waals surface area contributed by atoms with Crippen molar-refractivity contribution >= 4 is 5.91 Å². The van der Waals surface area contributed by atoms with Crippen molar-refractivity contribution < 1.29 is 9.53 Å². The molecule has 1 aromatic heterocycles. The minimum absolute atomic E-state index is 0.00579. The van der Waals surface area contributed by atoms with E-state index in [0.29, 0.717) is 12.2 Å². The maximum atomic E-state index is 12.9. The van der Waals surface area contributed by atoms with Gasteiger partial charge in [-0.05, 0) is 88.9 Å². The Hall–Kier alpha value is -3.18. The Balaban J connectivity index is 1.35. The van der Waals surface area contributed by atoms with Gasteiger partial charge in [0.05, 0.1) is 0 Å². The smallest absolute Gasteiger partial charge is 0.251 e. The fraction of sp³-hybridized carbons (Fsp3) is 0.379. The molecule has 1 aliphatic heterocycles. The number of hydrogen-bond donors (Lipinski definition) is 2. The van der Waals surface area contributed by atoms with Gasteiger partial charge in [0.15, 0.2) is 0 Å². The number of carbonyl (C=O) groups is 1. The molecule has 1 amide bonds. The fourth-order valence-electron chi connectivity index (χ4n) is 5.02. The van der Waals surface area contributed by atoms with E-state index < -0.39 is 0 Å². The summed E-state index contributed by atoms with van der Waals surface area (Å²) >= 11 is 0. The largest absolute Gasteiger partial charge is 0.489 e. The van der Waals surface area contributed by atoms with E-state index in [1.165, 1.54) is 0 Å². The van der Waals surface area contributed by atoms with Crippen LogP contribution in [0.25, 0.3) is 11.1 Å². The molecule has 5 nitrogen and oxygen atoms in total. The average Bonchev–Trinajstić information content (AvgIpc) is 2.76. The molecule has 3 aromatic rings. The van der Waals surface area contributed by atoms with E-state index in [0.717, 1.165) is 41.0 Å². The molecule has 2 aromatic carbocycles. The van der Waals surface area contributed by atoms with Gasteiger partial charge in [-0.25, -0.2) is 0 Å². The van der Waals surface area contributed by atoms with Gasteiger partial charge in [-0.15, -0.1) is 0 Å². The summed E-state index contributed by atoms with van der Waals surface area (Å²) in [6, 6.07) is 19.9. The number of nitrogens with one attached hydrogen (secondary N) is 2. The highest BCUT2D eigenvalue weighted by Gasteiger charge is 2.38. The predicted octanol–water partition coefficient (Wildman–Crippen LogP) is 5.68. The molecule has 0 aliphatic carbocycles. The monoisotopic (exact) mass is 457 g/mol. The number of pyridine rings is 1. The van der Waals surface area contributed by atoms with Crippen LogP contribution in [-0.2, 0) is 6.61 Å². The number of carbonyl (C=O) groups excluding carboxylic acids is 1. The summed E-state index contributed by atoms with van der Waals surface area (Å²) in [5.41, 5.74) is 4.81. The number of aryl methyl sites for hydroxylation is 1. The van der Waals surface area contributed by atoms with Crippen molar-refractivity contribution in [3.8, 4) is 16.9 Å². The number of piperidine rings is 1. The van der Waals surface area contributed by atoms with Gasteiger partial charge in [-0.3, -0.25) is 9.78 Å². The maximum absolute atomic E-state index is 12.9.